The molecule has 0 aliphatic heterocycles. The Morgan fingerprint density at radius 1 is 1.47 bits per heavy atom. The zero-order chi connectivity index (χ0) is 13.7. The maximum absolute atomic E-state index is 11.7. The molecule has 0 unspecified atom stereocenters. The number of carbonyl (C=O) groups excluding carboxylic acids is 1. The summed E-state index contributed by atoms with van der Waals surface area (Å²) in [6, 6.07) is 2.11. The van der Waals surface area contributed by atoms with E-state index < -0.39 is 0 Å². The molecule has 5 heteroatoms. The lowest BCUT2D eigenvalue weighted by molar-refractivity contribution is 0.0266. The van der Waals surface area contributed by atoms with Crippen LogP contribution >= 0.6 is 0 Å². The van der Waals surface area contributed by atoms with Crippen molar-refractivity contribution in [3.63, 3.8) is 0 Å². The van der Waals surface area contributed by atoms with Crippen molar-refractivity contribution in [2.75, 3.05) is 13.2 Å². The number of nitrogens with two attached hydrogens (primary N) is 1. The predicted octanol–water partition coefficient (Wildman–Crippen LogP) is 1.60. The molecule has 0 spiro atoms. The molecule has 0 saturated heterocycles. The largest absolute Gasteiger partial charge is 0.459 e. The van der Waals surface area contributed by atoms with Gasteiger partial charge in [-0.3, -0.25) is 4.79 Å². The summed E-state index contributed by atoms with van der Waals surface area (Å²) in [6.45, 7) is 2.88. The topological polar surface area (TPSA) is 77.5 Å². The van der Waals surface area contributed by atoms with Crippen molar-refractivity contribution >= 4 is 5.91 Å². The van der Waals surface area contributed by atoms with Crippen LogP contribution in [0.5, 0.6) is 0 Å². The summed E-state index contributed by atoms with van der Waals surface area (Å²) in [5.41, 5.74) is 6.68. The average molecular weight is 266 g/mol. The van der Waals surface area contributed by atoms with E-state index in [1.165, 1.54) is 6.26 Å². The van der Waals surface area contributed by atoms with Gasteiger partial charge in [0.1, 0.15) is 0 Å². The fraction of sp³-hybridized carbons (Fsp3) is 0.643. The summed E-state index contributed by atoms with van der Waals surface area (Å²) < 4.78 is 10.8. The van der Waals surface area contributed by atoms with Crippen LogP contribution in [0.15, 0.2) is 16.7 Å². The van der Waals surface area contributed by atoms with Gasteiger partial charge in [-0.25, -0.2) is 0 Å². The Morgan fingerprint density at radius 2 is 2.21 bits per heavy atom. The molecule has 1 aliphatic carbocycles. The van der Waals surface area contributed by atoms with Crippen LogP contribution in [0.3, 0.4) is 0 Å². The Morgan fingerprint density at radius 3 is 2.84 bits per heavy atom. The summed E-state index contributed by atoms with van der Waals surface area (Å²) in [4.78, 5) is 11.7. The summed E-state index contributed by atoms with van der Waals surface area (Å²) in [5, 5.41) is 2.79. The van der Waals surface area contributed by atoms with Crippen molar-refractivity contribution in [3.8, 4) is 0 Å². The van der Waals surface area contributed by atoms with Crippen molar-refractivity contribution in [3.05, 3.63) is 23.7 Å². The Bertz CT molecular complexity index is 409. The van der Waals surface area contributed by atoms with E-state index >= 15 is 0 Å². The monoisotopic (exact) mass is 266 g/mol. The van der Waals surface area contributed by atoms with E-state index in [1.807, 2.05) is 6.92 Å². The first-order valence-electron chi connectivity index (χ1n) is 6.86. The Labute approximate surface area is 113 Å². The SMILES string of the molecule is Cc1ccoc1C(=O)NCCOC1CCC(N)CC1. The fourth-order valence-corrected chi connectivity index (χ4v) is 2.33. The number of amides is 1. The highest BCUT2D eigenvalue weighted by atomic mass is 16.5. The van der Waals surface area contributed by atoms with Crippen LogP contribution in [0.2, 0.25) is 0 Å². The first kappa shape index (κ1) is 14.1. The molecule has 1 aromatic heterocycles. The van der Waals surface area contributed by atoms with Crippen LogP contribution in [0, 0.1) is 6.92 Å². The zero-order valence-corrected chi connectivity index (χ0v) is 11.4. The van der Waals surface area contributed by atoms with E-state index in [0.29, 0.717) is 31.1 Å². The highest BCUT2D eigenvalue weighted by Gasteiger charge is 2.18. The standard InChI is InChI=1S/C14H22N2O3/c1-10-6-8-19-13(10)14(17)16-7-9-18-12-4-2-11(15)3-5-12/h6,8,11-12H,2-5,7,9,15H2,1H3,(H,16,17). The highest BCUT2D eigenvalue weighted by molar-refractivity contribution is 5.92. The van der Waals surface area contributed by atoms with Gasteiger partial charge in [0.05, 0.1) is 19.0 Å². The van der Waals surface area contributed by atoms with Gasteiger partial charge >= 0.3 is 0 Å². The van der Waals surface area contributed by atoms with Crippen molar-refractivity contribution in [2.45, 2.75) is 44.8 Å². The number of hydrogen-bond donors (Lipinski definition) is 2. The lowest BCUT2D eigenvalue weighted by atomic mass is 9.94. The molecular weight excluding hydrogens is 244 g/mol. The van der Waals surface area contributed by atoms with Gasteiger partial charge in [0.15, 0.2) is 5.76 Å². The smallest absolute Gasteiger partial charge is 0.287 e. The molecule has 19 heavy (non-hydrogen) atoms. The molecule has 1 aromatic rings. The number of nitrogens with one attached hydrogen (secondary N) is 1. The third-order valence-corrected chi connectivity index (χ3v) is 3.53. The van der Waals surface area contributed by atoms with Crippen LogP contribution < -0.4 is 11.1 Å². The van der Waals surface area contributed by atoms with E-state index in [4.69, 9.17) is 14.9 Å². The molecule has 1 amide bonds. The van der Waals surface area contributed by atoms with E-state index in [9.17, 15) is 4.79 Å². The van der Waals surface area contributed by atoms with Crippen molar-refractivity contribution in [1.29, 1.82) is 0 Å². The Hall–Kier alpha value is -1.33. The second kappa shape index (κ2) is 6.73. The van der Waals surface area contributed by atoms with Crippen LogP contribution in [-0.2, 0) is 4.74 Å². The number of aryl methyl sites for hydroxylation is 1. The second-order valence-electron chi connectivity index (χ2n) is 5.10. The number of hydrogen-bond acceptors (Lipinski definition) is 4. The molecule has 106 valence electrons. The van der Waals surface area contributed by atoms with E-state index in [2.05, 4.69) is 5.32 Å². The van der Waals surface area contributed by atoms with Crippen molar-refractivity contribution < 1.29 is 13.9 Å². The minimum Gasteiger partial charge on any atom is -0.459 e. The number of ether oxygens (including phenoxy) is 1. The second-order valence-corrected chi connectivity index (χ2v) is 5.10. The fourth-order valence-electron chi connectivity index (χ4n) is 2.33. The third kappa shape index (κ3) is 4.08. The molecule has 5 nitrogen and oxygen atoms in total. The summed E-state index contributed by atoms with van der Waals surface area (Å²) in [5.74, 6) is 0.195. The molecule has 2 rings (SSSR count). The van der Waals surface area contributed by atoms with Gasteiger partial charge in [-0.15, -0.1) is 0 Å². The normalized spacial score (nSPS) is 23.3. The highest BCUT2D eigenvalue weighted by Crippen LogP contribution is 2.19. The maximum Gasteiger partial charge on any atom is 0.287 e. The van der Waals surface area contributed by atoms with Crippen molar-refractivity contribution in [1.82, 2.24) is 5.32 Å². The van der Waals surface area contributed by atoms with E-state index in [-0.39, 0.29) is 5.91 Å². The lowest BCUT2D eigenvalue weighted by Crippen LogP contribution is -2.33. The Kier molecular flexibility index (Phi) is 4.99. The summed E-state index contributed by atoms with van der Waals surface area (Å²) in [6.07, 6.45) is 5.91. The van der Waals surface area contributed by atoms with Gasteiger partial charge in [-0.05, 0) is 38.7 Å². The molecule has 1 heterocycles. The molecule has 0 aromatic carbocycles. The molecule has 3 N–H and O–H groups in total. The van der Waals surface area contributed by atoms with Gasteiger partial charge in [0.2, 0.25) is 0 Å². The predicted molar refractivity (Wildman–Crippen MR) is 72.0 cm³/mol. The minimum atomic E-state index is -0.184. The number of carbonyl (C=O) groups is 1. The first-order chi connectivity index (χ1) is 9.16. The molecule has 0 bridgehead atoms. The summed E-state index contributed by atoms with van der Waals surface area (Å²) in [7, 11) is 0. The average Bonchev–Trinajstić information content (AvgIpc) is 2.83. The third-order valence-electron chi connectivity index (χ3n) is 3.53. The van der Waals surface area contributed by atoms with Gasteiger partial charge in [0.25, 0.3) is 5.91 Å². The van der Waals surface area contributed by atoms with Gasteiger partial charge in [-0.1, -0.05) is 0 Å². The van der Waals surface area contributed by atoms with Crippen LogP contribution in [0.1, 0.15) is 41.8 Å². The summed E-state index contributed by atoms with van der Waals surface area (Å²) >= 11 is 0. The van der Waals surface area contributed by atoms with Crippen molar-refractivity contribution in [2.24, 2.45) is 5.73 Å². The van der Waals surface area contributed by atoms with Crippen LogP contribution in [0.25, 0.3) is 0 Å². The van der Waals surface area contributed by atoms with Crippen LogP contribution in [-0.4, -0.2) is 31.2 Å². The molecule has 1 fully saturated rings. The molecule has 1 saturated carbocycles. The van der Waals surface area contributed by atoms with E-state index in [1.54, 1.807) is 6.07 Å². The number of rotatable bonds is 5. The van der Waals surface area contributed by atoms with Gasteiger partial charge < -0.3 is 20.2 Å². The minimum absolute atomic E-state index is 0.184. The first-order valence-corrected chi connectivity index (χ1v) is 6.86. The Balaban J connectivity index is 1.62. The van der Waals surface area contributed by atoms with Gasteiger partial charge in [-0.2, -0.15) is 0 Å². The number of furan rings is 1. The maximum atomic E-state index is 11.7. The quantitative estimate of drug-likeness (QED) is 0.794. The van der Waals surface area contributed by atoms with Gasteiger partial charge in [0, 0.05) is 18.2 Å². The molecular formula is C14H22N2O3. The zero-order valence-electron chi connectivity index (χ0n) is 11.4. The van der Waals surface area contributed by atoms with E-state index in [0.717, 1.165) is 31.2 Å². The lowest BCUT2D eigenvalue weighted by Gasteiger charge is -2.26. The molecule has 0 radical (unpaired) electrons. The molecule has 1 aliphatic rings. The molecule has 0 atom stereocenters. The van der Waals surface area contributed by atoms with Crippen LogP contribution in [0.4, 0.5) is 0 Å².